The Bertz CT molecular complexity index is 567. The van der Waals surface area contributed by atoms with Gasteiger partial charge < -0.3 is 5.32 Å². The van der Waals surface area contributed by atoms with Gasteiger partial charge in [0, 0.05) is 18.3 Å². The highest BCUT2D eigenvalue weighted by molar-refractivity contribution is 5.67. The van der Waals surface area contributed by atoms with Gasteiger partial charge in [-0.25, -0.2) is 14.4 Å². The summed E-state index contributed by atoms with van der Waals surface area (Å²) in [6.45, 7) is 6.43. The largest absolute Gasteiger partial charge is 0.354 e. The van der Waals surface area contributed by atoms with E-state index in [0.29, 0.717) is 11.5 Å². The number of hydrogen-bond acceptors (Lipinski definition) is 3. The lowest BCUT2D eigenvalue weighted by Gasteiger charge is -2.10. The first kappa shape index (κ1) is 12.5. The fourth-order valence-electron chi connectivity index (χ4n) is 1.82. The molecule has 0 amide bonds. The average Bonchev–Trinajstić information content (AvgIpc) is 2.36. The van der Waals surface area contributed by atoms with Crippen LogP contribution in [0.25, 0.3) is 11.3 Å². The van der Waals surface area contributed by atoms with Gasteiger partial charge in [-0.2, -0.15) is 0 Å². The second-order valence-corrected chi connectivity index (χ2v) is 4.17. The van der Waals surface area contributed by atoms with E-state index in [2.05, 4.69) is 15.3 Å². The Labute approximate surface area is 106 Å². The van der Waals surface area contributed by atoms with E-state index in [1.807, 2.05) is 19.9 Å². The van der Waals surface area contributed by atoms with E-state index in [0.717, 1.165) is 23.4 Å². The fourth-order valence-corrected chi connectivity index (χ4v) is 1.82. The van der Waals surface area contributed by atoms with E-state index in [4.69, 9.17) is 0 Å². The van der Waals surface area contributed by atoms with E-state index >= 15 is 0 Å². The standard InChI is InChI=1S/C14H16FN3/c1-4-16-14-17-8-9(2)13(18-14)11-6-5-7-12(15)10(11)3/h5-8H,4H2,1-3H3,(H,16,17,18). The number of anilines is 1. The van der Waals surface area contributed by atoms with E-state index in [1.165, 1.54) is 6.07 Å². The van der Waals surface area contributed by atoms with Crippen LogP contribution in [-0.4, -0.2) is 16.5 Å². The molecular weight excluding hydrogens is 229 g/mol. The molecule has 0 aliphatic heterocycles. The molecule has 1 N–H and O–H groups in total. The molecule has 0 radical (unpaired) electrons. The maximum Gasteiger partial charge on any atom is 0.223 e. The summed E-state index contributed by atoms with van der Waals surface area (Å²) in [5.41, 5.74) is 3.14. The first-order chi connectivity index (χ1) is 8.63. The molecule has 3 nitrogen and oxygen atoms in total. The zero-order chi connectivity index (χ0) is 13.1. The molecule has 0 aliphatic rings. The number of benzene rings is 1. The van der Waals surface area contributed by atoms with Gasteiger partial charge in [0.1, 0.15) is 5.82 Å². The van der Waals surface area contributed by atoms with Gasteiger partial charge in [-0.05, 0) is 38.0 Å². The summed E-state index contributed by atoms with van der Waals surface area (Å²) in [6.07, 6.45) is 1.75. The molecule has 0 atom stereocenters. The van der Waals surface area contributed by atoms with Gasteiger partial charge in [-0.1, -0.05) is 12.1 Å². The van der Waals surface area contributed by atoms with Crippen LogP contribution >= 0.6 is 0 Å². The zero-order valence-electron chi connectivity index (χ0n) is 10.8. The summed E-state index contributed by atoms with van der Waals surface area (Å²) in [7, 11) is 0. The molecule has 18 heavy (non-hydrogen) atoms. The third-order valence-corrected chi connectivity index (χ3v) is 2.83. The van der Waals surface area contributed by atoms with Crippen molar-refractivity contribution in [2.24, 2.45) is 0 Å². The monoisotopic (exact) mass is 245 g/mol. The molecule has 1 aromatic heterocycles. The summed E-state index contributed by atoms with van der Waals surface area (Å²) in [6, 6.07) is 5.04. The van der Waals surface area contributed by atoms with Gasteiger partial charge in [-0.3, -0.25) is 0 Å². The topological polar surface area (TPSA) is 37.8 Å². The van der Waals surface area contributed by atoms with Gasteiger partial charge in [0.2, 0.25) is 5.95 Å². The van der Waals surface area contributed by atoms with Crippen LogP contribution in [0.2, 0.25) is 0 Å². The first-order valence-corrected chi connectivity index (χ1v) is 5.96. The number of rotatable bonds is 3. The second kappa shape index (κ2) is 5.12. The molecule has 0 unspecified atom stereocenters. The van der Waals surface area contributed by atoms with Crippen LogP contribution in [0.1, 0.15) is 18.1 Å². The van der Waals surface area contributed by atoms with Crippen LogP contribution in [0.15, 0.2) is 24.4 Å². The SMILES string of the molecule is CCNc1ncc(C)c(-c2cccc(F)c2C)n1. The van der Waals surface area contributed by atoms with Crippen molar-refractivity contribution in [3.05, 3.63) is 41.3 Å². The van der Waals surface area contributed by atoms with Crippen LogP contribution in [0.5, 0.6) is 0 Å². The Morgan fingerprint density at radius 3 is 2.78 bits per heavy atom. The number of nitrogens with one attached hydrogen (secondary N) is 1. The normalized spacial score (nSPS) is 10.4. The first-order valence-electron chi connectivity index (χ1n) is 5.96. The number of aromatic nitrogens is 2. The minimum Gasteiger partial charge on any atom is -0.354 e. The molecule has 4 heteroatoms. The quantitative estimate of drug-likeness (QED) is 0.901. The number of aryl methyl sites for hydroxylation is 1. The zero-order valence-corrected chi connectivity index (χ0v) is 10.8. The summed E-state index contributed by atoms with van der Waals surface area (Å²) >= 11 is 0. The predicted molar refractivity (Wildman–Crippen MR) is 71.1 cm³/mol. The van der Waals surface area contributed by atoms with Gasteiger partial charge >= 0.3 is 0 Å². The van der Waals surface area contributed by atoms with Crippen LogP contribution in [-0.2, 0) is 0 Å². The van der Waals surface area contributed by atoms with Gasteiger partial charge in [0.05, 0.1) is 5.69 Å². The van der Waals surface area contributed by atoms with Gasteiger partial charge in [-0.15, -0.1) is 0 Å². The fraction of sp³-hybridized carbons (Fsp3) is 0.286. The number of hydrogen-bond donors (Lipinski definition) is 1. The molecule has 0 saturated carbocycles. The lowest BCUT2D eigenvalue weighted by Crippen LogP contribution is -2.04. The highest BCUT2D eigenvalue weighted by Crippen LogP contribution is 2.26. The maximum atomic E-state index is 13.6. The molecule has 1 heterocycles. The molecule has 2 rings (SSSR count). The lowest BCUT2D eigenvalue weighted by atomic mass is 10.0. The van der Waals surface area contributed by atoms with Crippen molar-refractivity contribution in [1.29, 1.82) is 0 Å². The molecular formula is C14H16FN3. The third kappa shape index (κ3) is 2.32. The summed E-state index contributed by atoms with van der Waals surface area (Å²) in [4.78, 5) is 8.64. The van der Waals surface area contributed by atoms with E-state index < -0.39 is 0 Å². The average molecular weight is 245 g/mol. The maximum absolute atomic E-state index is 13.6. The van der Waals surface area contributed by atoms with Crippen molar-refractivity contribution in [2.75, 3.05) is 11.9 Å². The molecule has 1 aromatic carbocycles. The van der Waals surface area contributed by atoms with E-state index in [1.54, 1.807) is 19.2 Å². The summed E-state index contributed by atoms with van der Waals surface area (Å²) < 4.78 is 13.6. The van der Waals surface area contributed by atoms with Crippen LogP contribution in [0.4, 0.5) is 10.3 Å². The molecule has 0 spiro atoms. The highest BCUT2D eigenvalue weighted by Gasteiger charge is 2.11. The Balaban J connectivity index is 2.55. The van der Waals surface area contributed by atoms with Crippen molar-refractivity contribution in [3.63, 3.8) is 0 Å². The van der Waals surface area contributed by atoms with E-state index in [9.17, 15) is 4.39 Å². The highest BCUT2D eigenvalue weighted by atomic mass is 19.1. The molecule has 0 bridgehead atoms. The van der Waals surface area contributed by atoms with Crippen molar-refractivity contribution in [3.8, 4) is 11.3 Å². The number of halogens is 1. The molecule has 0 saturated heterocycles. The third-order valence-electron chi connectivity index (χ3n) is 2.83. The smallest absolute Gasteiger partial charge is 0.223 e. The van der Waals surface area contributed by atoms with Gasteiger partial charge in [0.25, 0.3) is 0 Å². The summed E-state index contributed by atoms with van der Waals surface area (Å²) in [5.74, 6) is 0.359. The minimum atomic E-state index is -0.212. The Kier molecular flexibility index (Phi) is 3.55. The van der Waals surface area contributed by atoms with Crippen molar-refractivity contribution >= 4 is 5.95 Å². The second-order valence-electron chi connectivity index (χ2n) is 4.17. The minimum absolute atomic E-state index is 0.212. The molecule has 0 fully saturated rings. The molecule has 94 valence electrons. The molecule has 0 aliphatic carbocycles. The summed E-state index contributed by atoms with van der Waals surface area (Å²) in [5, 5.41) is 3.06. The van der Waals surface area contributed by atoms with Crippen LogP contribution in [0, 0.1) is 19.7 Å². The van der Waals surface area contributed by atoms with Crippen LogP contribution < -0.4 is 5.32 Å². The predicted octanol–water partition coefficient (Wildman–Crippen LogP) is 3.33. The van der Waals surface area contributed by atoms with Crippen molar-refractivity contribution in [1.82, 2.24) is 9.97 Å². The Hall–Kier alpha value is -1.97. The van der Waals surface area contributed by atoms with Crippen LogP contribution in [0.3, 0.4) is 0 Å². The Morgan fingerprint density at radius 1 is 1.28 bits per heavy atom. The lowest BCUT2D eigenvalue weighted by molar-refractivity contribution is 0.619. The van der Waals surface area contributed by atoms with Crippen molar-refractivity contribution < 1.29 is 4.39 Å². The number of nitrogens with zero attached hydrogens (tertiary/aromatic N) is 2. The Morgan fingerprint density at radius 2 is 2.06 bits per heavy atom. The van der Waals surface area contributed by atoms with Crippen molar-refractivity contribution in [2.45, 2.75) is 20.8 Å². The van der Waals surface area contributed by atoms with E-state index in [-0.39, 0.29) is 5.82 Å². The molecule has 2 aromatic rings. The van der Waals surface area contributed by atoms with Gasteiger partial charge in [0.15, 0.2) is 0 Å².